The lowest BCUT2D eigenvalue weighted by Crippen LogP contribution is -2.12. The fourth-order valence-electron chi connectivity index (χ4n) is 2.69. The second-order valence-electron chi connectivity index (χ2n) is 5.41. The number of hydrogen-bond donors (Lipinski definition) is 1. The predicted molar refractivity (Wildman–Crippen MR) is 90.0 cm³/mol. The number of carbonyl (C=O) groups excluding carboxylic acids is 1. The van der Waals surface area contributed by atoms with Crippen molar-refractivity contribution < 1.29 is 4.79 Å². The van der Waals surface area contributed by atoms with Crippen molar-refractivity contribution in [3.8, 4) is 0 Å². The molecular weight excluding hydrogens is 341 g/mol. The van der Waals surface area contributed by atoms with E-state index in [-0.39, 0.29) is 10.9 Å². The fraction of sp³-hybridized carbons (Fsp3) is 0.400. The van der Waals surface area contributed by atoms with Crippen LogP contribution in [0.4, 0.5) is 5.13 Å². The van der Waals surface area contributed by atoms with E-state index in [0.717, 1.165) is 11.4 Å². The normalized spacial score (nSPS) is 15.2. The first-order valence-corrected chi connectivity index (χ1v) is 8.78. The zero-order valence-corrected chi connectivity index (χ0v) is 14.1. The number of aromatic nitrogens is 2. The molecule has 0 unspecified atom stereocenters. The van der Waals surface area contributed by atoms with E-state index >= 15 is 0 Å². The summed E-state index contributed by atoms with van der Waals surface area (Å²) in [5, 5.41) is 13.0. The number of amides is 1. The van der Waals surface area contributed by atoms with Gasteiger partial charge in [-0.25, -0.2) is 0 Å². The van der Waals surface area contributed by atoms with Gasteiger partial charge in [0.2, 0.25) is 5.13 Å². The predicted octanol–water partition coefficient (Wildman–Crippen LogP) is 4.83. The molecule has 1 aliphatic carbocycles. The molecule has 1 fully saturated rings. The van der Waals surface area contributed by atoms with E-state index in [1.807, 2.05) is 0 Å². The van der Waals surface area contributed by atoms with E-state index in [4.69, 9.17) is 23.2 Å². The molecule has 1 aromatic heterocycles. The number of anilines is 1. The monoisotopic (exact) mass is 355 g/mol. The quantitative estimate of drug-likeness (QED) is 0.854. The van der Waals surface area contributed by atoms with E-state index in [0.29, 0.717) is 21.6 Å². The summed E-state index contributed by atoms with van der Waals surface area (Å²) in [5.74, 6) is 0.384. The molecule has 22 heavy (non-hydrogen) atoms. The lowest BCUT2D eigenvalue weighted by molar-refractivity contribution is 0.102. The summed E-state index contributed by atoms with van der Waals surface area (Å²) < 4.78 is 0. The molecule has 0 spiro atoms. The summed E-state index contributed by atoms with van der Waals surface area (Å²) in [7, 11) is 0. The average Bonchev–Trinajstić information content (AvgIpc) is 3.14. The number of nitrogens with zero attached hydrogens (tertiary/aromatic N) is 2. The summed E-state index contributed by atoms with van der Waals surface area (Å²) >= 11 is 13.4. The SMILES string of the molecule is O=C(Nc1nnc(CC2CCCC2)s1)c1cccc(Cl)c1Cl. The highest BCUT2D eigenvalue weighted by molar-refractivity contribution is 7.15. The lowest BCUT2D eigenvalue weighted by Gasteiger charge is -2.05. The summed E-state index contributed by atoms with van der Waals surface area (Å²) in [6.45, 7) is 0. The first kappa shape index (κ1) is 15.7. The van der Waals surface area contributed by atoms with Gasteiger partial charge in [-0.05, 0) is 18.1 Å². The zero-order valence-electron chi connectivity index (χ0n) is 11.8. The number of halogens is 2. The van der Waals surface area contributed by atoms with Gasteiger partial charge < -0.3 is 0 Å². The van der Waals surface area contributed by atoms with Crippen LogP contribution in [0.3, 0.4) is 0 Å². The Morgan fingerprint density at radius 2 is 2.05 bits per heavy atom. The van der Waals surface area contributed by atoms with Gasteiger partial charge in [0, 0.05) is 6.42 Å². The number of benzene rings is 1. The van der Waals surface area contributed by atoms with E-state index in [9.17, 15) is 4.79 Å². The zero-order chi connectivity index (χ0) is 15.5. The molecular formula is C15H15Cl2N3OS. The summed E-state index contributed by atoms with van der Waals surface area (Å²) in [5.41, 5.74) is 0.335. The van der Waals surface area contributed by atoms with Crippen molar-refractivity contribution in [3.63, 3.8) is 0 Å². The van der Waals surface area contributed by atoms with Crippen LogP contribution in [0.5, 0.6) is 0 Å². The smallest absolute Gasteiger partial charge is 0.259 e. The molecule has 2 aromatic rings. The highest BCUT2D eigenvalue weighted by atomic mass is 35.5. The Morgan fingerprint density at radius 3 is 2.82 bits per heavy atom. The molecule has 4 nitrogen and oxygen atoms in total. The van der Waals surface area contributed by atoms with Crippen LogP contribution in [0.1, 0.15) is 41.0 Å². The Labute approximate surface area is 142 Å². The fourth-order valence-corrected chi connectivity index (χ4v) is 3.93. The Kier molecular flexibility index (Phi) is 4.96. The lowest BCUT2D eigenvalue weighted by atomic mass is 10.1. The maximum atomic E-state index is 12.2. The molecule has 0 aliphatic heterocycles. The van der Waals surface area contributed by atoms with Gasteiger partial charge >= 0.3 is 0 Å². The van der Waals surface area contributed by atoms with E-state index in [1.165, 1.54) is 37.0 Å². The van der Waals surface area contributed by atoms with Gasteiger partial charge in [0.1, 0.15) is 5.01 Å². The minimum absolute atomic E-state index is 0.248. The highest BCUT2D eigenvalue weighted by Crippen LogP contribution is 2.30. The van der Waals surface area contributed by atoms with E-state index in [1.54, 1.807) is 18.2 Å². The highest BCUT2D eigenvalue weighted by Gasteiger charge is 2.19. The van der Waals surface area contributed by atoms with Gasteiger partial charge in [-0.1, -0.05) is 66.3 Å². The molecule has 3 rings (SSSR count). The summed E-state index contributed by atoms with van der Waals surface area (Å²) in [6, 6.07) is 4.96. The van der Waals surface area contributed by atoms with Crippen molar-refractivity contribution in [3.05, 3.63) is 38.8 Å². The Balaban J connectivity index is 1.66. The first-order chi connectivity index (χ1) is 10.6. The van der Waals surface area contributed by atoms with Crippen LogP contribution in [0, 0.1) is 5.92 Å². The third kappa shape index (κ3) is 3.59. The van der Waals surface area contributed by atoms with Gasteiger partial charge in [0.05, 0.1) is 15.6 Å². The maximum Gasteiger partial charge on any atom is 0.259 e. The maximum absolute atomic E-state index is 12.2. The van der Waals surface area contributed by atoms with Crippen LogP contribution < -0.4 is 5.32 Å². The van der Waals surface area contributed by atoms with Crippen LogP contribution in [0.2, 0.25) is 10.0 Å². The molecule has 1 saturated carbocycles. The molecule has 1 N–H and O–H groups in total. The van der Waals surface area contributed by atoms with Gasteiger partial charge in [0.25, 0.3) is 5.91 Å². The minimum atomic E-state index is -0.323. The molecule has 1 aromatic carbocycles. The molecule has 0 radical (unpaired) electrons. The van der Waals surface area contributed by atoms with E-state index in [2.05, 4.69) is 15.5 Å². The van der Waals surface area contributed by atoms with Crippen molar-refractivity contribution >= 4 is 45.6 Å². The standard InChI is InChI=1S/C15H15Cl2N3OS/c16-11-7-3-6-10(13(11)17)14(21)18-15-20-19-12(22-15)8-9-4-1-2-5-9/h3,6-7,9H,1-2,4-5,8H2,(H,18,20,21). The van der Waals surface area contributed by atoms with Crippen LogP contribution in [0.25, 0.3) is 0 Å². The average molecular weight is 356 g/mol. The molecule has 7 heteroatoms. The van der Waals surface area contributed by atoms with Crippen molar-refractivity contribution in [2.45, 2.75) is 32.1 Å². The number of rotatable bonds is 4. The minimum Gasteiger partial charge on any atom is -0.296 e. The van der Waals surface area contributed by atoms with E-state index < -0.39 is 0 Å². The largest absolute Gasteiger partial charge is 0.296 e. The van der Waals surface area contributed by atoms with Crippen molar-refractivity contribution in [1.82, 2.24) is 10.2 Å². The molecule has 1 amide bonds. The van der Waals surface area contributed by atoms with Crippen molar-refractivity contribution in [2.75, 3.05) is 5.32 Å². The van der Waals surface area contributed by atoms with Crippen molar-refractivity contribution in [2.24, 2.45) is 5.92 Å². The van der Waals surface area contributed by atoms with Gasteiger partial charge in [-0.3, -0.25) is 10.1 Å². The van der Waals surface area contributed by atoms with Gasteiger partial charge in [-0.2, -0.15) is 0 Å². The third-order valence-corrected chi connectivity index (χ3v) is 5.50. The summed E-state index contributed by atoms with van der Waals surface area (Å²) in [6.07, 6.45) is 6.09. The summed E-state index contributed by atoms with van der Waals surface area (Å²) in [4.78, 5) is 12.2. The molecule has 1 heterocycles. The first-order valence-electron chi connectivity index (χ1n) is 7.21. The molecule has 116 valence electrons. The van der Waals surface area contributed by atoms with Crippen LogP contribution in [-0.4, -0.2) is 16.1 Å². The van der Waals surface area contributed by atoms with Gasteiger partial charge in [-0.15, -0.1) is 10.2 Å². The molecule has 0 bridgehead atoms. The number of carbonyl (C=O) groups is 1. The van der Waals surface area contributed by atoms with Crippen molar-refractivity contribution in [1.29, 1.82) is 0 Å². The Hall–Kier alpha value is -1.17. The Bertz CT molecular complexity index is 683. The second-order valence-corrected chi connectivity index (χ2v) is 7.26. The van der Waals surface area contributed by atoms with Crippen LogP contribution in [0.15, 0.2) is 18.2 Å². The molecule has 1 aliphatic rings. The van der Waals surface area contributed by atoms with Crippen LogP contribution >= 0.6 is 34.5 Å². The second kappa shape index (κ2) is 6.94. The number of hydrogen-bond acceptors (Lipinski definition) is 4. The van der Waals surface area contributed by atoms with Crippen LogP contribution in [-0.2, 0) is 6.42 Å². The number of nitrogens with one attached hydrogen (secondary N) is 1. The Morgan fingerprint density at radius 1 is 1.27 bits per heavy atom. The third-order valence-electron chi connectivity index (χ3n) is 3.82. The topological polar surface area (TPSA) is 54.9 Å². The van der Waals surface area contributed by atoms with Gasteiger partial charge in [0.15, 0.2) is 0 Å². The molecule has 0 saturated heterocycles. The molecule has 0 atom stereocenters.